The van der Waals surface area contributed by atoms with Crippen LogP contribution in [0, 0.1) is 5.41 Å². The zero-order valence-corrected chi connectivity index (χ0v) is 12.8. The van der Waals surface area contributed by atoms with E-state index in [9.17, 15) is 4.79 Å². The monoisotopic (exact) mass is 253 g/mol. The molecule has 0 aromatic rings. The molecule has 0 aromatic carbocycles. The molecule has 104 valence electrons. The van der Waals surface area contributed by atoms with E-state index in [0.717, 1.165) is 13.0 Å². The minimum Gasteiger partial charge on any atom is -0.444 e. The van der Waals surface area contributed by atoms with Crippen LogP contribution >= 0.6 is 0 Å². The Labute approximate surface area is 111 Å². The van der Waals surface area contributed by atoms with E-state index in [-0.39, 0.29) is 17.6 Å². The second-order valence-corrected chi connectivity index (χ2v) is 7.05. The Balaban J connectivity index is 2.82. The molecule has 0 N–H and O–H groups in total. The van der Waals surface area contributed by atoms with Crippen molar-refractivity contribution >= 4 is 6.09 Å². The van der Waals surface area contributed by atoms with Crippen molar-refractivity contribution < 1.29 is 9.53 Å². The normalized spacial score (nSPS) is 21.6. The van der Waals surface area contributed by atoms with E-state index < -0.39 is 5.60 Å². The van der Waals surface area contributed by atoms with Crippen LogP contribution < -0.4 is 0 Å². The van der Waals surface area contributed by atoms with Gasteiger partial charge >= 0.3 is 6.09 Å². The van der Waals surface area contributed by atoms with Crippen molar-refractivity contribution in [2.24, 2.45) is 5.41 Å². The number of hydrogen-bond donors (Lipinski definition) is 0. The van der Waals surface area contributed by atoms with Crippen molar-refractivity contribution in [3.8, 4) is 0 Å². The highest BCUT2D eigenvalue weighted by atomic mass is 16.6. The third-order valence-corrected chi connectivity index (χ3v) is 3.15. The van der Waals surface area contributed by atoms with Gasteiger partial charge in [-0.3, -0.25) is 0 Å². The van der Waals surface area contributed by atoms with E-state index in [1.54, 1.807) is 0 Å². The van der Waals surface area contributed by atoms with E-state index in [0.29, 0.717) is 0 Å². The number of nitrogens with zero attached hydrogens (tertiary/aromatic N) is 1. The van der Waals surface area contributed by atoms with Crippen LogP contribution in [0.4, 0.5) is 4.79 Å². The van der Waals surface area contributed by atoms with Crippen LogP contribution in [0.1, 0.15) is 54.9 Å². The van der Waals surface area contributed by atoms with Crippen molar-refractivity contribution in [1.29, 1.82) is 0 Å². The van der Waals surface area contributed by atoms with Crippen LogP contribution in [0.2, 0.25) is 0 Å². The summed E-state index contributed by atoms with van der Waals surface area (Å²) in [5.74, 6) is 0. The average Bonchev–Trinajstić information content (AvgIpc) is 2.12. The summed E-state index contributed by atoms with van der Waals surface area (Å²) < 4.78 is 5.47. The maximum absolute atomic E-state index is 12.2. The van der Waals surface area contributed by atoms with E-state index in [1.165, 1.54) is 5.57 Å². The lowest BCUT2D eigenvalue weighted by molar-refractivity contribution is 0.0182. The Hall–Kier alpha value is -0.990. The summed E-state index contributed by atoms with van der Waals surface area (Å²) in [7, 11) is 0. The lowest BCUT2D eigenvalue weighted by Crippen LogP contribution is -2.47. The lowest BCUT2D eigenvalue weighted by Gasteiger charge is -2.40. The Bertz CT molecular complexity index is 344. The Morgan fingerprint density at radius 2 is 1.83 bits per heavy atom. The zero-order valence-electron chi connectivity index (χ0n) is 12.8. The summed E-state index contributed by atoms with van der Waals surface area (Å²) in [5, 5.41) is 0. The molecule has 1 aliphatic rings. The average molecular weight is 253 g/mol. The highest BCUT2D eigenvalue weighted by Gasteiger charge is 2.33. The molecule has 3 heteroatoms. The molecule has 0 aliphatic carbocycles. The maximum atomic E-state index is 12.2. The van der Waals surface area contributed by atoms with Crippen molar-refractivity contribution in [1.82, 2.24) is 4.90 Å². The first-order valence-corrected chi connectivity index (χ1v) is 6.72. The summed E-state index contributed by atoms with van der Waals surface area (Å²) in [4.78, 5) is 14.0. The molecule has 0 fully saturated rings. The Morgan fingerprint density at radius 3 is 2.28 bits per heavy atom. The summed E-state index contributed by atoms with van der Waals surface area (Å²) >= 11 is 0. The predicted octanol–water partition coefficient (Wildman–Crippen LogP) is 3.99. The van der Waals surface area contributed by atoms with Gasteiger partial charge in [-0.15, -0.1) is 0 Å². The molecule has 0 unspecified atom stereocenters. The molecule has 3 nitrogen and oxygen atoms in total. The Kier molecular flexibility index (Phi) is 4.14. The SMILES string of the molecule is C[C@@H]1C(C(C)(C)C)=CCCN1C(=O)OC(C)(C)C. The smallest absolute Gasteiger partial charge is 0.410 e. The standard InChI is InChI=1S/C15H27NO2/c1-11-12(14(2,3)4)9-8-10-16(11)13(17)18-15(5,6)7/h9,11H,8,10H2,1-7H3/t11-/m1/s1. The maximum Gasteiger partial charge on any atom is 0.410 e. The summed E-state index contributed by atoms with van der Waals surface area (Å²) in [6.07, 6.45) is 2.98. The van der Waals surface area contributed by atoms with Crippen LogP contribution in [0.25, 0.3) is 0 Å². The van der Waals surface area contributed by atoms with Crippen molar-refractivity contribution in [3.05, 3.63) is 11.6 Å². The second kappa shape index (κ2) is 4.94. The van der Waals surface area contributed by atoms with Crippen molar-refractivity contribution in [3.63, 3.8) is 0 Å². The molecule has 0 saturated carbocycles. The molecule has 0 spiro atoms. The number of ether oxygens (including phenoxy) is 1. The van der Waals surface area contributed by atoms with Gasteiger partial charge in [-0.1, -0.05) is 26.8 Å². The quantitative estimate of drug-likeness (QED) is 0.611. The van der Waals surface area contributed by atoms with Gasteiger partial charge in [0.15, 0.2) is 0 Å². The van der Waals surface area contributed by atoms with Gasteiger partial charge in [0, 0.05) is 6.54 Å². The first-order valence-electron chi connectivity index (χ1n) is 6.72. The number of carbonyl (C=O) groups excluding carboxylic acids is 1. The Morgan fingerprint density at radius 1 is 1.28 bits per heavy atom. The largest absolute Gasteiger partial charge is 0.444 e. The fourth-order valence-corrected chi connectivity index (χ4v) is 2.39. The van der Waals surface area contributed by atoms with Gasteiger partial charge in [0.1, 0.15) is 5.60 Å². The van der Waals surface area contributed by atoms with Gasteiger partial charge < -0.3 is 9.64 Å². The molecular formula is C15H27NO2. The molecule has 1 aliphatic heterocycles. The minimum atomic E-state index is -0.431. The molecule has 0 bridgehead atoms. The van der Waals surface area contributed by atoms with Gasteiger partial charge in [0.2, 0.25) is 0 Å². The fraction of sp³-hybridized carbons (Fsp3) is 0.800. The highest BCUT2D eigenvalue weighted by molar-refractivity contribution is 5.69. The molecular weight excluding hydrogens is 226 g/mol. The van der Waals surface area contributed by atoms with E-state index in [4.69, 9.17) is 4.74 Å². The first-order chi connectivity index (χ1) is 8.02. The van der Waals surface area contributed by atoms with Crippen LogP contribution in [-0.2, 0) is 4.74 Å². The number of carbonyl (C=O) groups is 1. The molecule has 18 heavy (non-hydrogen) atoms. The minimum absolute atomic E-state index is 0.0973. The molecule has 1 amide bonds. The lowest BCUT2D eigenvalue weighted by atomic mass is 9.80. The molecule has 1 atom stereocenters. The van der Waals surface area contributed by atoms with Crippen LogP contribution in [0.15, 0.2) is 11.6 Å². The third-order valence-electron chi connectivity index (χ3n) is 3.15. The van der Waals surface area contributed by atoms with Crippen LogP contribution in [0.3, 0.4) is 0 Å². The van der Waals surface area contributed by atoms with Crippen molar-refractivity contribution in [2.45, 2.75) is 66.5 Å². The van der Waals surface area contributed by atoms with Gasteiger partial charge in [-0.2, -0.15) is 0 Å². The second-order valence-electron chi connectivity index (χ2n) is 7.05. The van der Waals surface area contributed by atoms with Crippen LogP contribution in [0.5, 0.6) is 0 Å². The topological polar surface area (TPSA) is 29.5 Å². The van der Waals surface area contributed by atoms with E-state index in [1.807, 2.05) is 25.7 Å². The van der Waals surface area contributed by atoms with Crippen molar-refractivity contribution in [2.75, 3.05) is 6.54 Å². The zero-order chi connectivity index (χ0) is 14.1. The van der Waals surface area contributed by atoms with Gasteiger partial charge in [0.25, 0.3) is 0 Å². The molecule has 0 saturated heterocycles. The third kappa shape index (κ3) is 3.76. The number of hydrogen-bond acceptors (Lipinski definition) is 2. The molecule has 1 heterocycles. The number of amides is 1. The highest BCUT2D eigenvalue weighted by Crippen LogP contribution is 2.33. The number of rotatable bonds is 0. The van der Waals surface area contributed by atoms with Gasteiger partial charge in [0.05, 0.1) is 6.04 Å². The fourth-order valence-electron chi connectivity index (χ4n) is 2.39. The summed E-state index contributed by atoms with van der Waals surface area (Å²) in [6.45, 7) is 15.1. The molecule has 0 radical (unpaired) electrons. The molecule has 1 rings (SSSR count). The summed E-state index contributed by atoms with van der Waals surface area (Å²) in [5.41, 5.74) is 0.986. The first kappa shape index (κ1) is 15.1. The molecule has 0 aromatic heterocycles. The van der Waals surface area contributed by atoms with Crippen LogP contribution in [-0.4, -0.2) is 29.2 Å². The van der Waals surface area contributed by atoms with E-state index in [2.05, 4.69) is 33.8 Å². The summed E-state index contributed by atoms with van der Waals surface area (Å²) in [6, 6.07) is 0.119. The van der Waals surface area contributed by atoms with Gasteiger partial charge in [-0.05, 0) is 45.1 Å². The van der Waals surface area contributed by atoms with Gasteiger partial charge in [-0.25, -0.2) is 4.79 Å². The predicted molar refractivity (Wildman–Crippen MR) is 74.6 cm³/mol. The van der Waals surface area contributed by atoms with E-state index >= 15 is 0 Å².